The number of nitrogens with zero attached hydrogens (tertiary/aromatic N) is 2. The lowest BCUT2D eigenvalue weighted by atomic mass is 9.95. The molecule has 1 aliphatic heterocycles. The molecule has 0 radical (unpaired) electrons. The third kappa shape index (κ3) is 5.17. The Morgan fingerprint density at radius 2 is 1.53 bits per heavy atom. The summed E-state index contributed by atoms with van der Waals surface area (Å²) >= 11 is 0. The summed E-state index contributed by atoms with van der Waals surface area (Å²) in [5.74, 6) is -2.19. The molecule has 1 aromatic heterocycles. The molecule has 4 rings (SSSR count). The normalized spacial score (nSPS) is 17.5. The lowest BCUT2D eigenvalue weighted by Crippen LogP contribution is -2.29. The predicted molar refractivity (Wildman–Crippen MR) is 124 cm³/mol. The summed E-state index contributed by atoms with van der Waals surface area (Å²) in [6.45, 7) is 3.73. The van der Waals surface area contributed by atoms with E-state index in [-0.39, 0.29) is 22.9 Å². The van der Waals surface area contributed by atoms with Gasteiger partial charge < -0.3 is 14.6 Å². The lowest BCUT2D eigenvalue weighted by Gasteiger charge is -2.25. The molecule has 1 N–H and O–H groups in total. The average Bonchev–Trinajstić information content (AvgIpc) is 3.09. The van der Waals surface area contributed by atoms with Crippen molar-refractivity contribution in [3.05, 3.63) is 89.8 Å². The fraction of sp³-hybridized carbons (Fsp3) is 0.192. The standard InChI is InChI=1S/C26H21F3N2O5/c1-15(2)35-19-7-3-17(4-8-19)23(32)21-22(16-11-13-30-14-12-16)31(25(34)24(21)33)18-5-9-20(10-6-18)36-26(27,28)29/h3-15,22,32H,1-2H3/b23-21-. The molecule has 1 unspecified atom stereocenters. The van der Waals surface area contributed by atoms with E-state index in [0.717, 1.165) is 17.0 Å². The first-order chi connectivity index (χ1) is 17.0. The van der Waals surface area contributed by atoms with E-state index < -0.39 is 35.6 Å². The van der Waals surface area contributed by atoms with E-state index in [4.69, 9.17) is 4.74 Å². The van der Waals surface area contributed by atoms with Crippen molar-refractivity contribution in [1.29, 1.82) is 0 Å². The van der Waals surface area contributed by atoms with Crippen LogP contribution < -0.4 is 14.4 Å². The summed E-state index contributed by atoms with van der Waals surface area (Å²) in [6, 6.07) is 13.1. The van der Waals surface area contributed by atoms with Crippen molar-refractivity contribution in [3.63, 3.8) is 0 Å². The number of benzene rings is 2. The number of rotatable bonds is 6. The number of hydrogen-bond acceptors (Lipinski definition) is 6. The van der Waals surface area contributed by atoms with Crippen LogP contribution in [0.1, 0.15) is 31.0 Å². The van der Waals surface area contributed by atoms with Crippen LogP contribution in [0.3, 0.4) is 0 Å². The Bertz CT molecular complexity index is 1290. The molecule has 1 atom stereocenters. The first kappa shape index (κ1) is 24.8. The quantitative estimate of drug-likeness (QED) is 0.278. The SMILES string of the molecule is CC(C)Oc1ccc(/C(O)=C2/C(=O)C(=O)N(c3ccc(OC(F)(F)F)cc3)C2c2ccncc2)cc1. The molecule has 1 saturated heterocycles. The van der Waals surface area contributed by atoms with Crippen molar-refractivity contribution in [2.45, 2.75) is 32.4 Å². The fourth-order valence-corrected chi connectivity index (χ4v) is 3.89. The summed E-state index contributed by atoms with van der Waals surface area (Å²) in [5, 5.41) is 11.1. The molecule has 0 bridgehead atoms. The van der Waals surface area contributed by atoms with Crippen LogP contribution in [-0.2, 0) is 9.59 Å². The number of aliphatic hydroxyl groups is 1. The van der Waals surface area contributed by atoms with Crippen LogP contribution in [0.5, 0.6) is 11.5 Å². The number of pyridine rings is 1. The van der Waals surface area contributed by atoms with E-state index in [9.17, 15) is 27.9 Å². The molecule has 0 spiro atoms. The Morgan fingerprint density at radius 3 is 2.08 bits per heavy atom. The van der Waals surface area contributed by atoms with Crippen LogP contribution >= 0.6 is 0 Å². The molecular formula is C26H21F3N2O5. The van der Waals surface area contributed by atoms with Crippen molar-refractivity contribution in [2.75, 3.05) is 4.90 Å². The summed E-state index contributed by atoms with van der Waals surface area (Å²) in [7, 11) is 0. The van der Waals surface area contributed by atoms with Gasteiger partial charge in [-0.3, -0.25) is 19.5 Å². The third-order valence-corrected chi connectivity index (χ3v) is 5.31. The van der Waals surface area contributed by atoms with E-state index >= 15 is 0 Å². The molecular weight excluding hydrogens is 477 g/mol. The number of amides is 1. The molecule has 3 aromatic rings. The van der Waals surface area contributed by atoms with Gasteiger partial charge in [-0.25, -0.2) is 0 Å². The number of alkyl halides is 3. The van der Waals surface area contributed by atoms with E-state index in [2.05, 4.69) is 9.72 Å². The number of anilines is 1. The van der Waals surface area contributed by atoms with Gasteiger partial charge in [-0.1, -0.05) is 0 Å². The van der Waals surface area contributed by atoms with Crippen LogP contribution in [0.25, 0.3) is 5.76 Å². The van der Waals surface area contributed by atoms with E-state index in [1.165, 1.54) is 24.5 Å². The van der Waals surface area contributed by atoms with E-state index in [1.54, 1.807) is 36.4 Å². The Kier molecular flexibility index (Phi) is 6.69. The van der Waals surface area contributed by atoms with Crippen LogP contribution in [0.4, 0.5) is 18.9 Å². The number of carbonyl (C=O) groups excluding carboxylic acids is 2. The monoisotopic (exact) mass is 498 g/mol. The highest BCUT2D eigenvalue weighted by atomic mass is 19.4. The molecule has 0 aliphatic carbocycles. The highest BCUT2D eigenvalue weighted by molar-refractivity contribution is 6.51. The molecule has 7 nitrogen and oxygen atoms in total. The maximum atomic E-state index is 13.1. The number of aliphatic hydroxyl groups excluding tert-OH is 1. The van der Waals surface area contributed by atoms with Crippen molar-refractivity contribution >= 4 is 23.1 Å². The van der Waals surface area contributed by atoms with Gasteiger partial charge >= 0.3 is 6.36 Å². The van der Waals surface area contributed by atoms with Crippen LogP contribution in [0.2, 0.25) is 0 Å². The zero-order valence-electron chi connectivity index (χ0n) is 19.2. The molecule has 186 valence electrons. The maximum absolute atomic E-state index is 13.1. The second-order valence-electron chi connectivity index (χ2n) is 8.18. The number of Topliss-reactive ketones (excluding diaryl/α,β-unsaturated/α-hetero) is 1. The highest BCUT2D eigenvalue weighted by Gasteiger charge is 2.47. The smallest absolute Gasteiger partial charge is 0.507 e. The number of hydrogen-bond donors (Lipinski definition) is 1. The first-order valence-corrected chi connectivity index (χ1v) is 10.9. The largest absolute Gasteiger partial charge is 0.573 e. The minimum atomic E-state index is -4.88. The van der Waals surface area contributed by atoms with Gasteiger partial charge in [0.05, 0.1) is 17.7 Å². The van der Waals surface area contributed by atoms with Crippen molar-refractivity contribution in [3.8, 4) is 11.5 Å². The summed E-state index contributed by atoms with van der Waals surface area (Å²) in [4.78, 5) is 31.3. The van der Waals surface area contributed by atoms with E-state index in [1.807, 2.05) is 13.8 Å². The second kappa shape index (κ2) is 9.73. The molecule has 10 heteroatoms. The van der Waals surface area contributed by atoms with Gasteiger partial charge in [0.1, 0.15) is 17.3 Å². The lowest BCUT2D eigenvalue weighted by molar-refractivity contribution is -0.274. The van der Waals surface area contributed by atoms with Crippen LogP contribution in [0.15, 0.2) is 78.6 Å². The van der Waals surface area contributed by atoms with E-state index in [0.29, 0.717) is 11.3 Å². The first-order valence-electron chi connectivity index (χ1n) is 10.9. The molecule has 2 heterocycles. The van der Waals surface area contributed by atoms with Crippen LogP contribution in [-0.4, -0.2) is 34.2 Å². The second-order valence-corrected chi connectivity index (χ2v) is 8.18. The highest BCUT2D eigenvalue weighted by Crippen LogP contribution is 2.42. The average molecular weight is 498 g/mol. The Balaban J connectivity index is 1.79. The van der Waals surface area contributed by atoms with Gasteiger partial charge in [0.25, 0.3) is 11.7 Å². The van der Waals surface area contributed by atoms with Gasteiger partial charge in [0.15, 0.2) is 0 Å². The maximum Gasteiger partial charge on any atom is 0.573 e. The molecule has 1 aliphatic rings. The van der Waals surface area contributed by atoms with Gasteiger partial charge in [-0.05, 0) is 80.1 Å². The summed E-state index contributed by atoms with van der Waals surface area (Å²) < 4.78 is 47.1. The number of ether oxygens (including phenoxy) is 2. The van der Waals surface area contributed by atoms with Crippen molar-refractivity contribution < 1.29 is 37.3 Å². The molecule has 1 fully saturated rings. The predicted octanol–water partition coefficient (Wildman–Crippen LogP) is 5.39. The van der Waals surface area contributed by atoms with Gasteiger partial charge in [0, 0.05) is 23.6 Å². The summed E-state index contributed by atoms with van der Waals surface area (Å²) in [6.07, 6.45) is -2.01. The van der Waals surface area contributed by atoms with Crippen molar-refractivity contribution in [1.82, 2.24) is 4.98 Å². The molecule has 0 saturated carbocycles. The zero-order valence-corrected chi connectivity index (χ0v) is 19.2. The molecule has 36 heavy (non-hydrogen) atoms. The topological polar surface area (TPSA) is 89.0 Å². The Hall–Kier alpha value is -4.34. The number of halogens is 3. The van der Waals surface area contributed by atoms with Gasteiger partial charge in [0.2, 0.25) is 0 Å². The minimum Gasteiger partial charge on any atom is -0.507 e. The molecule has 2 aromatic carbocycles. The minimum absolute atomic E-state index is 0.0608. The zero-order chi connectivity index (χ0) is 26.0. The Morgan fingerprint density at radius 1 is 0.944 bits per heavy atom. The Labute approximate surface area is 204 Å². The number of aromatic nitrogens is 1. The number of ketones is 1. The third-order valence-electron chi connectivity index (χ3n) is 5.31. The molecule has 1 amide bonds. The van der Waals surface area contributed by atoms with Crippen LogP contribution in [0, 0.1) is 0 Å². The fourth-order valence-electron chi connectivity index (χ4n) is 3.89. The van der Waals surface area contributed by atoms with Gasteiger partial charge in [-0.2, -0.15) is 0 Å². The van der Waals surface area contributed by atoms with Gasteiger partial charge in [-0.15, -0.1) is 13.2 Å². The summed E-state index contributed by atoms with van der Waals surface area (Å²) in [5.41, 5.74) is 0.741. The van der Waals surface area contributed by atoms with Crippen molar-refractivity contribution in [2.24, 2.45) is 0 Å². The number of carbonyl (C=O) groups is 2.